The Morgan fingerprint density at radius 3 is 3.07 bits per heavy atom. The van der Waals surface area contributed by atoms with Crippen molar-refractivity contribution in [1.82, 2.24) is 14.6 Å². The van der Waals surface area contributed by atoms with Gasteiger partial charge in [-0.1, -0.05) is 11.6 Å². The second kappa shape index (κ2) is 3.53. The van der Waals surface area contributed by atoms with Crippen molar-refractivity contribution in [3.63, 3.8) is 0 Å². The fourth-order valence-electron chi connectivity index (χ4n) is 1.12. The number of aliphatic hydroxyl groups excluding tert-OH is 1. The van der Waals surface area contributed by atoms with Crippen LogP contribution in [-0.2, 0) is 0 Å². The van der Waals surface area contributed by atoms with Crippen molar-refractivity contribution in [2.45, 2.75) is 6.10 Å². The summed E-state index contributed by atoms with van der Waals surface area (Å²) in [6, 6.07) is 3.44. The van der Waals surface area contributed by atoms with Gasteiger partial charge in [-0.15, -0.1) is 5.10 Å². The van der Waals surface area contributed by atoms with Crippen molar-refractivity contribution >= 4 is 17.2 Å². The number of hydrogen-bond donors (Lipinski definition) is 2. The molecule has 0 aliphatic heterocycles. The van der Waals surface area contributed by atoms with Gasteiger partial charge in [-0.05, 0) is 12.1 Å². The van der Waals surface area contributed by atoms with Gasteiger partial charge in [-0.2, -0.15) is 0 Å². The first-order valence-corrected chi connectivity index (χ1v) is 4.48. The molecule has 0 amide bonds. The van der Waals surface area contributed by atoms with Crippen molar-refractivity contribution in [1.29, 1.82) is 0 Å². The van der Waals surface area contributed by atoms with E-state index in [-0.39, 0.29) is 6.54 Å². The number of hydrogen-bond acceptors (Lipinski definition) is 4. The van der Waals surface area contributed by atoms with E-state index >= 15 is 0 Å². The van der Waals surface area contributed by atoms with Crippen LogP contribution >= 0.6 is 11.6 Å². The average Bonchev–Trinajstić information content (AvgIpc) is 2.59. The molecular weight excluding hydrogens is 204 g/mol. The second-order valence-corrected chi connectivity index (χ2v) is 3.31. The van der Waals surface area contributed by atoms with Gasteiger partial charge in [0.05, 0.1) is 5.02 Å². The molecule has 0 saturated carbocycles. The number of nitrogens with zero attached hydrogens (tertiary/aromatic N) is 3. The molecule has 14 heavy (non-hydrogen) atoms. The van der Waals surface area contributed by atoms with Crippen LogP contribution in [-0.4, -0.2) is 26.2 Å². The third-order valence-corrected chi connectivity index (χ3v) is 2.06. The molecule has 0 fully saturated rings. The number of aliphatic hydroxyl groups is 1. The van der Waals surface area contributed by atoms with Crippen LogP contribution in [0.3, 0.4) is 0 Å². The molecule has 0 bridgehead atoms. The summed E-state index contributed by atoms with van der Waals surface area (Å²) in [5, 5.41) is 14.0. The van der Waals surface area contributed by atoms with Crippen molar-refractivity contribution in [3.05, 3.63) is 29.2 Å². The van der Waals surface area contributed by atoms with Gasteiger partial charge >= 0.3 is 0 Å². The SMILES string of the molecule is NCC(O)c1nc2ccc(Cl)cn2n1. The molecule has 1 atom stereocenters. The smallest absolute Gasteiger partial charge is 0.181 e. The summed E-state index contributed by atoms with van der Waals surface area (Å²) in [4.78, 5) is 4.09. The van der Waals surface area contributed by atoms with E-state index in [2.05, 4.69) is 10.1 Å². The van der Waals surface area contributed by atoms with Gasteiger partial charge in [0, 0.05) is 12.7 Å². The predicted molar refractivity (Wildman–Crippen MR) is 52.0 cm³/mol. The molecule has 0 aliphatic rings. The molecule has 6 heteroatoms. The summed E-state index contributed by atoms with van der Waals surface area (Å²) in [7, 11) is 0. The van der Waals surface area contributed by atoms with Crippen molar-refractivity contribution in [2.24, 2.45) is 5.73 Å². The Bertz CT molecular complexity index is 456. The van der Waals surface area contributed by atoms with Gasteiger partial charge in [0.15, 0.2) is 11.5 Å². The Balaban J connectivity index is 2.51. The lowest BCUT2D eigenvalue weighted by Crippen LogP contribution is -2.13. The summed E-state index contributed by atoms with van der Waals surface area (Å²) in [6.07, 6.45) is 0.796. The summed E-state index contributed by atoms with van der Waals surface area (Å²) in [6.45, 7) is 0.102. The largest absolute Gasteiger partial charge is 0.384 e. The van der Waals surface area contributed by atoms with E-state index in [1.54, 1.807) is 18.3 Å². The molecule has 0 saturated heterocycles. The van der Waals surface area contributed by atoms with Gasteiger partial charge in [0.25, 0.3) is 0 Å². The first kappa shape index (κ1) is 9.39. The molecule has 2 heterocycles. The molecule has 1 unspecified atom stereocenters. The van der Waals surface area contributed by atoms with Crippen LogP contribution in [0.1, 0.15) is 11.9 Å². The highest BCUT2D eigenvalue weighted by Crippen LogP contribution is 2.12. The summed E-state index contributed by atoms with van der Waals surface area (Å²) < 4.78 is 1.51. The van der Waals surface area contributed by atoms with Crippen LogP contribution in [0.25, 0.3) is 5.65 Å². The molecule has 0 aliphatic carbocycles. The lowest BCUT2D eigenvalue weighted by atomic mass is 10.3. The van der Waals surface area contributed by atoms with E-state index in [0.29, 0.717) is 16.5 Å². The van der Waals surface area contributed by atoms with E-state index in [4.69, 9.17) is 17.3 Å². The quantitative estimate of drug-likeness (QED) is 0.755. The highest BCUT2D eigenvalue weighted by atomic mass is 35.5. The predicted octanol–water partition coefficient (Wildman–Crippen LogP) is 0.375. The number of aromatic nitrogens is 3. The molecule has 0 spiro atoms. The maximum atomic E-state index is 9.40. The third kappa shape index (κ3) is 1.57. The van der Waals surface area contributed by atoms with Crippen LogP contribution in [0.4, 0.5) is 0 Å². The summed E-state index contributed by atoms with van der Waals surface area (Å²) >= 11 is 5.77. The van der Waals surface area contributed by atoms with Gasteiger partial charge in [0.1, 0.15) is 6.10 Å². The molecule has 0 aromatic carbocycles. The maximum absolute atomic E-state index is 9.40. The zero-order valence-corrected chi connectivity index (χ0v) is 8.02. The minimum absolute atomic E-state index is 0.102. The van der Waals surface area contributed by atoms with Gasteiger partial charge < -0.3 is 10.8 Å². The number of fused-ring (bicyclic) bond motifs is 1. The fraction of sp³-hybridized carbons (Fsp3) is 0.250. The van der Waals surface area contributed by atoms with Gasteiger partial charge in [-0.3, -0.25) is 0 Å². The molecular formula is C8H9ClN4O. The Hall–Kier alpha value is -1.17. The van der Waals surface area contributed by atoms with Crippen LogP contribution in [0.5, 0.6) is 0 Å². The molecule has 2 aromatic heterocycles. The standard InChI is InChI=1S/C8H9ClN4O/c9-5-1-2-7-11-8(6(14)3-10)12-13(7)4-5/h1-2,4,6,14H,3,10H2. The third-order valence-electron chi connectivity index (χ3n) is 1.83. The van der Waals surface area contributed by atoms with Crippen molar-refractivity contribution in [2.75, 3.05) is 6.54 Å². The van der Waals surface area contributed by atoms with E-state index in [1.165, 1.54) is 4.52 Å². The average molecular weight is 213 g/mol. The molecule has 2 aromatic rings. The molecule has 3 N–H and O–H groups in total. The lowest BCUT2D eigenvalue weighted by Gasteiger charge is -1.98. The topological polar surface area (TPSA) is 76.4 Å². The van der Waals surface area contributed by atoms with E-state index in [1.807, 2.05) is 0 Å². The minimum atomic E-state index is -0.825. The van der Waals surface area contributed by atoms with E-state index in [9.17, 15) is 5.11 Å². The van der Waals surface area contributed by atoms with E-state index < -0.39 is 6.10 Å². The molecule has 74 valence electrons. The van der Waals surface area contributed by atoms with Crippen LogP contribution in [0, 0.1) is 0 Å². The normalized spacial score (nSPS) is 13.4. The first-order valence-electron chi connectivity index (χ1n) is 4.10. The lowest BCUT2D eigenvalue weighted by molar-refractivity contribution is 0.177. The number of nitrogens with two attached hydrogens (primary N) is 1. The van der Waals surface area contributed by atoms with Crippen LogP contribution in [0.15, 0.2) is 18.3 Å². The number of rotatable bonds is 2. The van der Waals surface area contributed by atoms with Crippen LogP contribution < -0.4 is 5.73 Å². The van der Waals surface area contributed by atoms with Crippen molar-refractivity contribution < 1.29 is 5.11 Å². The highest BCUT2D eigenvalue weighted by molar-refractivity contribution is 6.30. The monoisotopic (exact) mass is 212 g/mol. The Kier molecular flexibility index (Phi) is 2.37. The first-order chi connectivity index (χ1) is 6.70. The van der Waals surface area contributed by atoms with Gasteiger partial charge in [0.2, 0.25) is 0 Å². The zero-order chi connectivity index (χ0) is 10.1. The number of halogens is 1. The fourth-order valence-corrected chi connectivity index (χ4v) is 1.28. The maximum Gasteiger partial charge on any atom is 0.181 e. The second-order valence-electron chi connectivity index (χ2n) is 2.87. The van der Waals surface area contributed by atoms with Crippen LogP contribution in [0.2, 0.25) is 5.02 Å². The summed E-state index contributed by atoms with van der Waals surface area (Å²) in [5.74, 6) is 0.315. The Labute approximate surface area is 85.1 Å². The highest BCUT2D eigenvalue weighted by Gasteiger charge is 2.11. The van der Waals surface area contributed by atoms with Gasteiger partial charge in [-0.25, -0.2) is 9.50 Å². The minimum Gasteiger partial charge on any atom is -0.384 e. The Morgan fingerprint density at radius 1 is 1.57 bits per heavy atom. The van der Waals surface area contributed by atoms with Crippen molar-refractivity contribution in [3.8, 4) is 0 Å². The molecule has 2 rings (SSSR count). The zero-order valence-electron chi connectivity index (χ0n) is 7.26. The molecule has 5 nitrogen and oxygen atoms in total. The number of pyridine rings is 1. The summed E-state index contributed by atoms with van der Waals surface area (Å²) in [5.41, 5.74) is 5.93. The molecule has 0 radical (unpaired) electrons. The Morgan fingerprint density at radius 2 is 2.36 bits per heavy atom. The van der Waals surface area contributed by atoms with E-state index in [0.717, 1.165) is 0 Å².